The molecule has 0 saturated carbocycles. The first-order valence-electron chi connectivity index (χ1n) is 6.28. The monoisotopic (exact) mass is 250 g/mol. The molecule has 0 aromatic heterocycles. The summed E-state index contributed by atoms with van der Waals surface area (Å²) in [6, 6.07) is 7.91. The summed E-state index contributed by atoms with van der Waals surface area (Å²) in [7, 11) is 0. The Kier molecular flexibility index (Phi) is 4.91. The van der Waals surface area contributed by atoms with Crippen molar-refractivity contribution in [3.8, 4) is 0 Å². The normalized spacial score (nSPS) is 13.3. The summed E-state index contributed by atoms with van der Waals surface area (Å²) in [5.74, 6) is -1.22. The summed E-state index contributed by atoms with van der Waals surface area (Å²) in [6.07, 6.45) is 1.51. The lowest BCUT2D eigenvalue weighted by atomic mass is 9.90. The topological polar surface area (TPSA) is 57.5 Å². The van der Waals surface area contributed by atoms with Gasteiger partial charge in [0.25, 0.3) is 0 Å². The number of hydrogen-bond acceptors (Lipinski definition) is 2. The van der Waals surface area contributed by atoms with Crippen LogP contribution >= 0.6 is 0 Å². The van der Waals surface area contributed by atoms with Gasteiger partial charge in [-0.2, -0.15) is 0 Å². The third-order valence-electron chi connectivity index (χ3n) is 3.02. The van der Waals surface area contributed by atoms with E-state index in [4.69, 9.17) is 0 Å². The van der Waals surface area contributed by atoms with Crippen LogP contribution in [-0.2, 0) is 11.2 Å². The van der Waals surface area contributed by atoms with Crippen molar-refractivity contribution in [3.63, 3.8) is 0 Å². The van der Waals surface area contributed by atoms with Gasteiger partial charge in [0, 0.05) is 0 Å². The number of aliphatic hydroxyl groups is 1. The van der Waals surface area contributed by atoms with Crippen LogP contribution in [0.4, 0.5) is 0 Å². The predicted octanol–water partition coefficient (Wildman–Crippen LogP) is 2.79. The summed E-state index contributed by atoms with van der Waals surface area (Å²) in [5.41, 5.74) is 1.37. The fourth-order valence-electron chi connectivity index (χ4n) is 1.96. The summed E-state index contributed by atoms with van der Waals surface area (Å²) in [4.78, 5) is 11.2. The fourth-order valence-corrected chi connectivity index (χ4v) is 1.96. The Hall–Kier alpha value is -1.35. The summed E-state index contributed by atoms with van der Waals surface area (Å²) in [5, 5.41) is 18.9. The molecule has 0 saturated heterocycles. The van der Waals surface area contributed by atoms with Crippen molar-refractivity contribution in [2.45, 2.75) is 45.6 Å². The maximum absolute atomic E-state index is 11.2. The zero-order valence-corrected chi connectivity index (χ0v) is 11.3. The van der Waals surface area contributed by atoms with Gasteiger partial charge in [-0.25, -0.2) is 0 Å². The number of aliphatic carboxylic acids is 1. The molecule has 3 heteroatoms. The van der Waals surface area contributed by atoms with Crippen LogP contribution in [0.3, 0.4) is 0 Å². The minimum absolute atomic E-state index is 0.432. The fraction of sp³-hybridized carbons (Fsp3) is 0.533. The molecule has 0 heterocycles. The highest BCUT2D eigenvalue weighted by Gasteiger charge is 2.22. The number of benzene rings is 1. The van der Waals surface area contributed by atoms with Gasteiger partial charge in [0.2, 0.25) is 0 Å². The Bertz CT molecular complexity index is 404. The van der Waals surface area contributed by atoms with Crippen molar-refractivity contribution in [1.82, 2.24) is 0 Å². The van der Waals surface area contributed by atoms with Gasteiger partial charge in [-0.3, -0.25) is 4.79 Å². The first kappa shape index (κ1) is 14.7. The van der Waals surface area contributed by atoms with Crippen molar-refractivity contribution >= 4 is 5.97 Å². The van der Waals surface area contributed by atoms with Gasteiger partial charge in [0.1, 0.15) is 0 Å². The highest BCUT2D eigenvalue weighted by atomic mass is 16.4. The summed E-state index contributed by atoms with van der Waals surface area (Å²) >= 11 is 0. The second-order valence-electron chi connectivity index (χ2n) is 5.58. The number of carbonyl (C=O) groups is 1. The third kappa shape index (κ3) is 5.32. The van der Waals surface area contributed by atoms with E-state index in [0.717, 1.165) is 11.1 Å². The number of carboxylic acid groups (broad SMARTS) is 1. The zero-order valence-electron chi connectivity index (χ0n) is 11.3. The molecular weight excluding hydrogens is 228 g/mol. The average molecular weight is 250 g/mol. The number of hydrogen-bond donors (Lipinski definition) is 2. The maximum atomic E-state index is 11.2. The van der Waals surface area contributed by atoms with Crippen molar-refractivity contribution in [1.29, 1.82) is 0 Å². The molecule has 1 unspecified atom stereocenters. The molecule has 100 valence electrons. The quantitative estimate of drug-likeness (QED) is 0.816. The van der Waals surface area contributed by atoms with E-state index in [0.29, 0.717) is 19.3 Å². The first-order valence-corrected chi connectivity index (χ1v) is 6.28. The van der Waals surface area contributed by atoms with Crippen LogP contribution in [0.5, 0.6) is 0 Å². The Morgan fingerprint density at radius 3 is 2.56 bits per heavy atom. The smallest absolute Gasteiger partial charge is 0.306 e. The van der Waals surface area contributed by atoms with Gasteiger partial charge in [0.15, 0.2) is 0 Å². The molecule has 1 aromatic rings. The van der Waals surface area contributed by atoms with E-state index in [2.05, 4.69) is 0 Å². The summed E-state index contributed by atoms with van der Waals surface area (Å²) < 4.78 is 0. The van der Waals surface area contributed by atoms with E-state index in [1.165, 1.54) is 0 Å². The molecule has 0 bridgehead atoms. The van der Waals surface area contributed by atoms with Crippen LogP contribution in [-0.4, -0.2) is 21.8 Å². The largest absolute Gasteiger partial charge is 0.481 e. The predicted molar refractivity (Wildman–Crippen MR) is 71.5 cm³/mol. The molecule has 1 aromatic carbocycles. The average Bonchev–Trinajstić information content (AvgIpc) is 2.22. The minimum Gasteiger partial charge on any atom is -0.481 e. The molecule has 0 aliphatic heterocycles. The van der Waals surface area contributed by atoms with E-state index in [1.54, 1.807) is 13.8 Å². The number of carboxylic acids is 1. The SMILES string of the molecule is Cc1cccc(CC(CCC(C)(C)O)C(=O)O)c1. The molecule has 18 heavy (non-hydrogen) atoms. The lowest BCUT2D eigenvalue weighted by Crippen LogP contribution is -2.24. The van der Waals surface area contributed by atoms with Crippen molar-refractivity contribution < 1.29 is 15.0 Å². The number of aryl methyl sites for hydroxylation is 1. The Labute approximate surface area is 108 Å². The lowest BCUT2D eigenvalue weighted by molar-refractivity contribution is -0.142. The Morgan fingerprint density at radius 2 is 2.06 bits per heavy atom. The van der Waals surface area contributed by atoms with E-state index in [-0.39, 0.29) is 0 Å². The molecule has 1 rings (SSSR count). The van der Waals surface area contributed by atoms with E-state index in [1.807, 2.05) is 31.2 Å². The van der Waals surface area contributed by atoms with E-state index < -0.39 is 17.5 Å². The van der Waals surface area contributed by atoms with E-state index in [9.17, 15) is 15.0 Å². The molecule has 0 amide bonds. The van der Waals surface area contributed by atoms with Gasteiger partial charge in [-0.05, 0) is 45.6 Å². The van der Waals surface area contributed by atoms with Gasteiger partial charge in [0.05, 0.1) is 11.5 Å². The number of rotatable bonds is 6. The lowest BCUT2D eigenvalue weighted by Gasteiger charge is -2.20. The van der Waals surface area contributed by atoms with Gasteiger partial charge >= 0.3 is 5.97 Å². The molecule has 2 N–H and O–H groups in total. The molecule has 1 atom stereocenters. The Morgan fingerprint density at radius 1 is 1.39 bits per heavy atom. The van der Waals surface area contributed by atoms with E-state index >= 15 is 0 Å². The second-order valence-corrected chi connectivity index (χ2v) is 5.58. The third-order valence-corrected chi connectivity index (χ3v) is 3.02. The van der Waals surface area contributed by atoms with Crippen LogP contribution in [0.25, 0.3) is 0 Å². The second kappa shape index (κ2) is 6.01. The molecule has 0 aliphatic rings. The highest BCUT2D eigenvalue weighted by Crippen LogP contribution is 2.20. The van der Waals surface area contributed by atoms with Crippen LogP contribution in [0.15, 0.2) is 24.3 Å². The van der Waals surface area contributed by atoms with Crippen molar-refractivity contribution in [3.05, 3.63) is 35.4 Å². The molecule has 0 fully saturated rings. The Balaban J connectivity index is 2.66. The van der Waals surface area contributed by atoms with Crippen LogP contribution in [0.2, 0.25) is 0 Å². The molecular formula is C15H22O3. The molecule has 0 spiro atoms. The minimum atomic E-state index is -0.805. The van der Waals surface area contributed by atoms with Gasteiger partial charge in [-0.15, -0.1) is 0 Å². The van der Waals surface area contributed by atoms with Crippen LogP contribution in [0, 0.1) is 12.8 Å². The molecule has 0 aliphatic carbocycles. The molecule has 3 nitrogen and oxygen atoms in total. The highest BCUT2D eigenvalue weighted by molar-refractivity contribution is 5.70. The standard InChI is InChI=1S/C15H22O3/c1-11-5-4-6-12(9-11)10-13(14(16)17)7-8-15(2,3)18/h4-6,9,13,18H,7-8,10H2,1-3H3,(H,16,17). The first-order chi connectivity index (χ1) is 8.28. The van der Waals surface area contributed by atoms with Crippen LogP contribution in [0.1, 0.15) is 37.8 Å². The summed E-state index contributed by atoms with van der Waals surface area (Å²) in [6.45, 7) is 5.41. The maximum Gasteiger partial charge on any atom is 0.306 e. The van der Waals surface area contributed by atoms with Gasteiger partial charge < -0.3 is 10.2 Å². The van der Waals surface area contributed by atoms with Crippen LogP contribution < -0.4 is 0 Å². The molecule has 0 radical (unpaired) electrons. The zero-order chi connectivity index (χ0) is 13.8. The van der Waals surface area contributed by atoms with Crippen molar-refractivity contribution in [2.24, 2.45) is 5.92 Å². The van der Waals surface area contributed by atoms with Crippen molar-refractivity contribution in [2.75, 3.05) is 0 Å². The van der Waals surface area contributed by atoms with Gasteiger partial charge in [-0.1, -0.05) is 29.8 Å².